The molecule has 2 atom stereocenters. The summed E-state index contributed by atoms with van der Waals surface area (Å²) in [7, 11) is 3.20. The highest BCUT2D eigenvalue weighted by molar-refractivity contribution is 5.79. The van der Waals surface area contributed by atoms with Crippen molar-refractivity contribution >= 4 is 5.91 Å². The first-order valence-electron chi connectivity index (χ1n) is 4.16. The first-order chi connectivity index (χ1) is 6.11. The third-order valence-corrected chi connectivity index (χ3v) is 1.76. The Kier molecular flexibility index (Phi) is 6.48. The summed E-state index contributed by atoms with van der Waals surface area (Å²) in [6.45, 7) is 2.76. The minimum Gasteiger partial charge on any atom is -0.382 e. The number of hydrogen-bond acceptors (Lipinski definition) is 4. The van der Waals surface area contributed by atoms with E-state index in [0.29, 0.717) is 13.2 Å². The van der Waals surface area contributed by atoms with Gasteiger partial charge in [0.25, 0.3) is 0 Å². The SMILES string of the molecule is COCC(CNC(C)C(N)=O)OC. The van der Waals surface area contributed by atoms with E-state index in [1.54, 1.807) is 21.1 Å². The zero-order valence-corrected chi connectivity index (χ0v) is 8.37. The Balaban J connectivity index is 3.64. The molecule has 13 heavy (non-hydrogen) atoms. The predicted octanol–water partition coefficient (Wildman–Crippen LogP) is -0.889. The van der Waals surface area contributed by atoms with Crippen molar-refractivity contribution in [2.24, 2.45) is 5.73 Å². The molecule has 0 bridgehead atoms. The van der Waals surface area contributed by atoms with E-state index in [1.807, 2.05) is 0 Å². The van der Waals surface area contributed by atoms with E-state index >= 15 is 0 Å². The van der Waals surface area contributed by atoms with Crippen molar-refractivity contribution in [3.63, 3.8) is 0 Å². The minimum absolute atomic E-state index is 0.0493. The van der Waals surface area contributed by atoms with E-state index in [-0.39, 0.29) is 18.1 Å². The maximum Gasteiger partial charge on any atom is 0.234 e. The number of rotatable bonds is 7. The van der Waals surface area contributed by atoms with Gasteiger partial charge in [-0.15, -0.1) is 0 Å². The smallest absolute Gasteiger partial charge is 0.234 e. The molecule has 0 aromatic carbocycles. The molecule has 0 aromatic heterocycles. The van der Waals surface area contributed by atoms with Gasteiger partial charge in [-0.1, -0.05) is 0 Å². The van der Waals surface area contributed by atoms with Crippen LogP contribution in [0.1, 0.15) is 6.92 Å². The number of carbonyl (C=O) groups excluding carboxylic acids is 1. The molecule has 0 spiro atoms. The molecule has 0 saturated carbocycles. The summed E-state index contributed by atoms with van der Waals surface area (Å²) < 4.78 is 9.99. The third-order valence-electron chi connectivity index (χ3n) is 1.76. The van der Waals surface area contributed by atoms with Gasteiger partial charge in [-0.2, -0.15) is 0 Å². The number of methoxy groups -OCH3 is 2. The topological polar surface area (TPSA) is 73.6 Å². The molecule has 78 valence electrons. The average molecular weight is 190 g/mol. The fourth-order valence-electron chi connectivity index (χ4n) is 0.805. The number of hydrogen-bond donors (Lipinski definition) is 2. The van der Waals surface area contributed by atoms with Crippen molar-refractivity contribution in [2.45, 2.75) is 19.1 Å². The van der Waals surface area contributed by atoms with E-state index in [9.17, 15) is 4.79 Å². The first kappa shape index (κ1) is 12.3. The Morgan fingerprint density at radius 3 is 2.54 bits per heavy atom. The lowest BCUT2D eigenvalue weighted by molar-refractivity contribution is -0.119. The average Bonchev–Trinajstić information content (AvgIpc) is 2.11. The zero-order chi connectivity index (χ0) is 10.3. The molecular formula is C8H18N2O3. The monoisotopic (exact) mass is 190 g/mol. The van der Waals surface area contributed by atoms with Crippen LogP contribution in [0.15, 0.2) is 0 Å². The number of nitrogens with two attached hydrogens (primary N) is 1. The lowest BCUT2D eigenvalue weighted by Gasteiger charge is -2.17. The molecule has 5 heteroatoms. The van der Waals surface area contributed by atoms with Gasteiger partial charge in [0.15, 0.2) is 0 Å². The van der Waals surface area contributed by atoms with Gasteiger partial charge in [-0.3, -0.25) is 4.79 Å². The highest BCUT2D eigenvalue weighted by Gasteiger charge is 2.11. The molecule has 2 unspecified atom stereocenters. The summed E-state index contributed by atoms with van der Waals surface area (Å²) in [6.07, 6.45) is -0.0493. The van der Waals surface area contributed by atoms with Crippen molar-refractivity contribution in [1.29, 1.82) is 0 Å². The van der Waals surface area contributed by atoms with Crippen LogP contribution < -0.4 is 11.1 Å². The summed E-state index contributed by atoms with van der Waals surface area (Å²) in [5, 5.41) is 2.94. The maximum atomic E-state index is 10.6. The molecule has 0 aromatic rings. The van der Waals surface area contributed by atoms with Gasteiger partial charge in [-0.05, 0) is 6.92 Å². The minimum atomic E-state index is -0.368. The van der Waals surface area contributed by atoms with Crippen LogP contribution in [0.4, 0.5) is 0 Å². The lowest BCUT2D eigenvalue weighted by Crippen LogP contribution is -2.43. The van der Waals surface area contributed by atoms with Gasteiger partial charge in [0.1, 0.15) is 0 Å². The summed E-state index contributed by atoms with van der Waals surface area (Å²) in [6, 6.07) is -0.338. The molecular weight excluding hydrogens is 172 g/mol. The van der Waals surface area contributed by atoms with E-state index in [1.165, 1.54) is 0 Å². The van der Waals surface area contributed by atoms with Crippen molar-refractivity contribution in [2.75, 3.05) is 27.4 Å². The van der Waals surface area contributed by atoms with Crippen molar-refractivity contribution in [3.8, 4) is 0 Å². The predicted molar refractivity (Wildman–Crippen MR) is 49.3 cm³/mol. The number of primary amides is 1. The van der Waals surface area contributed by atoms with Crippen LogP contribution >= 0.6 is 0 Å². The van der Waals surface area contributed by atoms with Gasteiger partial charge in [0, 0.05) is 20.8 Å². The largest absolute Gasteiger partial charge is 0.382 e. The number of ether oxygens (including phenoxy) is 2. The Morgan fingerprint density at radius 2 is 2.15 bits per heavy atom. The summed E-state index contributed by atoms with van der Waals surface area (Å²) in [4.78, 5) is 10.6. The van der Waals surface area contributed by atoms with Gasteiger partial charge in [0.05, 0.1) is 18.8 Å². The third kappa shape index (κ3) is 5.57. The molecule has 0 rings (SSSR count). The van der Waals surface area contributed by atoms with Gasteiger partial charge in [0.2, 0.25) is 5.91 Å². The Labute approximate surface area is 78.6 Å². The lowest BCUT2D eigenvalue weighted by atomic mass is 10.3. The normalized spacial score (nSPS) is 15.3. The Hall–Kier alpha value is -0.650. The summed E-state index contributed by atoms with van der Waals surface area (Å²) >= 11 is 0. The van der Waals surface area contributed by atoms with Crippen LogP contribution in [0.25, 0.3) is 0 Å². The second-order valence-corrected chi connectivity index (χ2v) is 2.85. The number of amides is 1. The van der Waals surface area contributed by atoms with Crippen LogP contribution in [-0.2, 0) is 14.3 Å². The fourth-order valence-corrected chi connectivity index (χ4v) is 0.805. The quantitative estimate of drug-likeness (QED) is 0.546. The van der Waals surface area contributed by atoms with E-state index in [0.717, 1.165) is 0 Å². The molecule has 0 aliphatic rings. The molecule has 0 fully saturated rings. The standard InChI is InChI=1S/C8H18N2O3/c1-6(8(9)11)10-4-7(13-3)5-12-2/h6-7,10H,4-5H2,1-3H3,(H2,9,11). The van der Waals surface area contributed by atoms with E-state index in [2.05, 4.69) is 5.32 Å². The van der Waals surface area contributed by atoms with Crippen molar-refractivity contribution < 1.29 is 14.3 Å². The Bertz CT molecular complexity index is 152. The fraction of sp³-hybridized carbons (Fsp3) is 0.875. The molecule has 0 saturated heterocycles. The maximum absolute atomic E-state index is 10.6. The van der Waals surface area contributed by atoms with Crippen LogP contribution in [0.5, 0.6) is 0 Å². The number of carbonyl (C=O) groups is 1. The highest BCUT2D eigenvalue weighted by Crippen LogP contribution is 1.89. The van der Waals surface area contributed by atoms with Crippen LogP contribution in [0.3, 0.4) is 0 Å². The highest BCUT2D eigenvalue weighted by atomic mass is 16.5. The zero-order valence-electron chi connectivity index (χ0n) is 8.37. The van der Waals surface area contributed by atoms with Crippen molar-refractivity contribution in [1.82, 2.24) is 5.32 Å². The molecule has 0 radical (unpaired) electrons. The van der Waals surface area contributed by atoms with Gasteiger partial charge >= 0.3 is 0 Å². The molecule has 1 amide bonds. The van der Waals surface area contributed by atoms with Crippen LogP contribution in [0, 0.1) is 0 Å². The van der Waals surface area contributed by atoms with E-state index in [4.69, 9.17) is 15.2 Å². The molecule has 5 nitrogen and oxygen atoms in total. The molecule has 0 aliphatic heterocycles. The van der Waals surface area contributed by atoms with Crippen LogP contribution in [-0.4, -0.2) is 45.4 Å². The summed E-state index contributed by atoms with van der Waals surface area (Å²) in [5.74, 6) is -0.368. The number of nitrogens with one attached hydrogen (secondary N) is 1. The molecule has 0 aliphatic carbocycles. The molecule has 3 N–H and O–H groups in total. The van der Waals surface area contributed by atoms with Crippen LogP contribution in [0.2, 0.25) is 0 Å². The van der Waals surface area contributed by atoms with Gasteiger partial charge in [-0.25, -0.2) is 0 Å². The van der Waals surface area contributed by atoms with E-state index < -0.39 is 0 Å². The first-order valence-corrected chi connectivity index (χ1v) is 4.16. The molecule has 0 heterocycles. The van der Waals surface area contributed by atoms with Gasteiger partial charge < -0.3 is 20.5 Å². The Morgan fingerprint density at radius 1 is 1.54 bits per heavy atom. The van der Waals surface area contributed by atoms with Crippen molar-refractivity contribution in [3.05, 3.63) is 0 Å². The summed E-state index contributed by atoms with van der Waals surface area (Å²) in [5.41, 5.74) is 5.06. The second kappa shape index (κ2) is 6.82. The second-order valence-electron chi connectivity index (χ2n) is 2.85.